The van der Waals surface area contributed by atoms with Crippen LogP contribution in [0.1, 0.15) is 18.9 Å². The predicted molar refractivity (Wildman–Crippen MR) is 80.0 cm³/mol. The Labute approximate surface area is 123 Å². The Bertz CT molecular complexity index is 665. The lowest BCUT2D eigenvalue weighted by molar-refractivity contribution is 0.249. The zero-order valence-electron chi connectivity index (χ0n) is 11.8. The van der Waals surface area contributed by atoms with Gasteiger partial charge in [-0.05, 0) is 30.7 Å². The Hall–Kier alpha value is -2.07. The summed E-state index contributed by atoms with van der Waals surface area (Å²) < 4.78 is 35.9. The standard InChI is InChI=1S/C14H17FN2O3S/c1-4-5-10(2)16-14(18)17-13-7-6-12(15)8-11(13)9-21(3,19)20/h1,6-8,10H,5,9H2,2-3H3,(H2,16,17,18). The Morgan fingerprint density at radius 1 is 1.48 bits per heavy atom. The largest absolute Gasteiger partial charge is 0.334 e. The van der Waals surface area contributed by atoms with E-state index in [1.54, 1.807) is 6.92 Å². The van der Waals surface area contributed by atoms with Crippen molar-refractivity contribution in [3.8, 4) is 12.3 Å². The molecule has 0 aliphatic rings. The van der Waals surface area contributed by atoms with Gasteiger partial charge in [-0.3, -0.25) is 0 Å². The molecule has 0 aromatic heterocycles. The van der Waals surface area contributed by atoms with E-state index in [4.69, 9.17) is 6.42 Å². The van der Waals surface area contributed by atoms with Crippen molar-refractivity contribution >= 4 is 21.6 Å². The highest BCUT2D eigenvalue weighted by atomic mass is 32.2. The van der Waals surface area contributed by atoms with Gasteiger partial charge in [-0.25, -0.2) is 17.6 Å². The number of benzene rings is 1. The minimum Gasteiger partial charge on any atom is -0.334 e. The summed E-state index contributed by atoms with van der Waals surface area (Å²) in [6.07, 6.45) is 6.54. The summed E-state index contributed by atoms with van der Waals surface area (Å²) in [6, 6.07) is 2.79. The topological polar surface area (TPSA) is 75.3 Å². The van der Waals surface area contributed by atoms with Crippen molar-refractivity contribution in [2.24, 2.45) is 0 Å². The molecule has 0 bridgehead atoms. The Morgan fingerprint density at radius 3 is 2.71 bits per heavy atom. The van der Waals surface area contributed by atoms with E-state index in [1.165, 1.54) is 6.07 Å². The molecule has 0 fully saturated rings. The zero-order chi connectivity index (χ0) is 16.0. The third-order valence-corrected chi connectivity index (χ3v) is 3.37. The fourth-order valence-electron chi connectivity index (χ4n) is 1.70. The van der Waals surface area contributed by atoms with Crippen LogP contribution in [0.15, 0.2) is 18.2 Å². The van der Waals surface area contributed by atoms with Crippen LogP contribution in [0.2, 0.25) is 0 Å². The molecule has 0 aliphatic carbocycles. The molecule has 0 saturated carbocycles. The average Bonchev–Trinajstić information content (AvgIpc) is 2.30. The molecule has 7 heteroatoms. The molecular formula is C14H17FN2O3S. The SMILES string of the molecule is C#CCC(C)NC(=O)Nc1ccc(F)cc1CS(C)(=O)=O. The Balaban J connectivity index is 2.88. The summed E-state index contributed by atoms with van der Waals surface area (Å²) in [5.74, 6) is 1.49. The minimum atomic E-state index is -3.35. The molecular weight excluding hydrogens is 295 g/mol. The number of carbonyl (C=O) groups excluding carboxylic acids is 1. The summed E-state index contributed by atoms with van der Waals surface area (Å²) in [4.78, 5) is 11.8. The van der Waals surface area contributed by atoms with Crippen LogP contribution in [0.4, 0.5) is 14.9 Å². The normalized spacial score (nSPS) is 12.3. The summed E-state index contributed by atoms with van der Waals surface area (Å²) in [5.41, 5.74) is 0.435. The zero-order valence-corrected chi connectivity index (χ0v) is 12.6. The molecule has 0 saturated heterocycles. The molecule has 1 rings (SSSR count). The highest BCUT2D eigenvalue weighted by molar-refractivity contribution is 7.89. The maximum absolute atomic E-state index is 13.2. The molecule has 114 valence electrons. The van der Waals surface area contributed by atoms with Crippen molar-refractivity contribution in [3.05, 3.63) is 29.6 Å². The van der Waals surface area contributed by atoms with Crippen LogP contribution in [0.25, 0.3) is 0 Å². The number of sulfone groups is 1. The fourth-order valence-corrected chi connectivity index (χ4v) is 2.50. The second kappa shape index (κ2) is 7.09. The van der Waals surface area contributed by atoms with Crippen LogP contribution in [0.5, 0.6) is 0 Å². The van der Waals surface area contributed by atoms with E-state index >= 15 is 0 Å². The first-order valence-electron chi connectivity index (χ1n) is 6.18. The molecule has 1 unspecified atom stereocenters. The van der Waals surface area contributed by atoms with Gasteiger partial charge in [-0.2, -0.15) is 0 Å². The third kappa shape index (κ3) is 6.27. The molecule has 2 N–H and O–H groups in total. The van der Waals surface area contributed by atoms with Crippen molar-refractivity contribution in [1.29, 1.82) is 0 Å². The number of carbonyl (C=O) groups is 1. The third-order valence-electron chi connectivity index (χ3n) is 2.53. The number of rotatable bonds is 5. The predicted octanol–water partition coefficient (Wildman–Crippen LogP) is 1.90. The first-order chi connectivity index (χ1) is 9.71. The lowest BCUT2D eigenvalue weighted by Crippen LogP contribution is -2.36. The summed E-state index contributed by atoms with van der Waals surface area (Å²) >= 11 is 0. The molecule has 1 atom stereocenters. The van der Waals surface area contributed by atoms with Gasteiger partial charge in [-0.1, -0.05) is 0 Å². The van der Waals surface area contributed by atoms with Crippen LogP contribution in [0.3, 0.4) is 0 Å². The maximum Gasteiger partial charge on any atom is 0.319 e. The van der Waals surface area contributed by atoms with Gasteiger partial charge in [0.1, 0.15) is 5.82 Å². The molecule has 0 aliphatic heterocycles. The second-order valence-corrected chi connectivity index (χ2v) is 6.92. The van der Waals surface area contributed by atoms with Crippen LogP contribution in [-0.4, -0.2) is 26.7 Å². The summed E-state index contributed by atoms with van der Waals surface area (Å²) in [7, 11) is -3.35. The minimum absolute atomic E-state index is 0.192. The lowest BCUT2D eigenvalue weighted by Gasteiger charge is -2.14. The first-order valence-corrected chi connectivity index (χ1v) is 8.24. The van der Waals surface area contributed by atoms with Crippen LogP contribution < -0.4 is 10.6 Å². The van der Waals surface area contributed by atoms with E-state index in [0.717, 1.165) is 18.4 Å². The maximum atomic E-state index is 13.2. The van der Waals surface area contributed by atoms with Gasteiger partial charge in [0.15, 0.2) is 9.84 Å². The van der Waals surface area contributed by atoms with Crippen molar-refractivity contribution in [1.82, 2.24) is 5.32 Å². The number of anilines is 1. The number of hydrogen-bond donors (Lipinski definition) is 2. The number of urea groups is 1. The van der Waals surface area contributed by atoms with Crippen LogP contribution in [-0.2, 0) is 15.6 Å². The van der Waals surface area contributed by atoms with Gasteiger partial charge in [0.2, 0.25) is 0 Å². The number of terminal acetylenes is 1. The number of amides is 2. The molecule has 21 heavy (non-hydrogen) atoms. The number of nitrogens with one attached hydrogen (secondary N) is 2. The van der Waals surface area contributed by atoms with Crippen LogP contribution in [0, 0.1) is 18.2 Å². The highest BCUT2D eigenvalue weighted by Gasteiger charge is 2.13. The molecule has 0 radical (unpaired) electrons. The van der Waals surface area contributed by atoms with E-state index in [2.05, 4.69) is 16.6 Å². The lowest BCUT2D eigenvalue weighted by atomic mass is 10.2. The average molecular weight is 312 g/mol. The van der Waals surface area contributed by atoms with Gasteiger partial charge in [0.25, 0.3) is 0 Å². The molecule has 1 aromatic carbocycles. The summed E-state index contributed by atoms with van der Waals surface area (Å²) in [6.45, 7) is 1.74. The van der Waals surface area contributed by atoms with Crippen molar-refractivity contribution in [2.75, 3.05) is 11.6 Å². The van der Waals surface area contributed by atoms with Crippen molar-refractivity contribution < 1.29 is 17.6 Å². The second-order valence-electron chi connectivity index (χ2n) is 4.78. The Kier molecular flexibility index (Phi) is 5.73. The van der Waals surface area contributed by atoms with Gasteiger partial charge < -0.3 is 10.6 Å². The van der Waals surface area contributed by atoms with E-state index in [-0.39, 0.29) is 23.0 Å². The molecule has 0 spiro atoms. The molecule has 5 nitrogen and oxygen atoms in total. The molecule has 2 amide bonds. The van der Waals surface area contributed by atoms with Crippen LogP contribution >= 0.6 is 0 Å². The monoisotopic (exact) mass is 312 g/mol. The number of hydrogen-bond acceptors (Lipinski definition) is 3. The van der Waals surface area contributed by atoms with Gasteiger partial charge in [0, 0.05) is 24.4 Å². The smallest absolute Gasteiger partial charge is 0.319 e. The molecule has 0 heterocycles. The van der Waals surface area contributed by atoms with Gasteiger partial charge >= 0.3 is 6.03 Å². The van der Waals surface area contributed by atoms with E-state index in [9.17, 15) is 17.6 Å². The van der Waals surface area contributed by atoms with E-state index < -0.39 is 21.7 Å². The summed E-state index contributed by atoms with van der Waals surface area (Å²) in [5, 5.41) is 5.10. The van der Waals surface area contributed by atoms with Gasteiger partial charge in [0.05, 0.1) is 5.75 Å². The Morgan fingerprint density at radius 2 is 2.14 bits per heavy atom. The van der Waals surface area contributed by atoms with Gasteiger partial charge in [-0.15, -0.1) is 12.3 Å². The first kappa shape index (κ1) is 17.0. The van der Waals surface area contributed by atoms with E-state index in [1.807, 2.05) is 0 Å². The van der Waals surface area contributed by atoms with Crippen molar-refractivity contribution in [3.63, 3.8) is 0 Å². The quantitative estimate of drug-likeness (QED) is 0.816. The highest BCUT2D eigenvalue weighted by Crippen LogP contribution is 2.19. The van der Waals surface area contributed by atoms with E-state index in [0.29, 0.717) is 6.42 Å². The van der Waals surface area contributed by atoms with Crippen molar-refractivity contribution in [2.45, 2.75) is 25.1 Å². The molecule has 1 aromatic rings. The number of halogens is 1. The fraction of sp³-hybridized carbons (Fsp3) is 0.357.